The molecule has 1 aliphatic rings. The largest absolute Gasteiger partial charge is 0.370 e. The molecule has 0 aromatic carbocycles. The zero-order chi connectivity index (χ0) is 12.1. The quantitative estimate of drug-likeness (QED) is 0.804. The Labute approximate surface area is 105 Å². The van der Waals surface area contributed by atoms with E-state index in [1.165, 1.54) is 0 Å². The van der Waals surface area contributed by atoms with Crippen molar-refractivity contribution < 1.29 is 9.59 Å². The van der Waals surface area contributed by atoms with Crippen molar-refractivity contribution in [3.05, 3.63) is 0 Å². The molecule has 0 aromatic heterocycles. The summed E-state index contributed by atoms with van der Waals surface area (Å²) in [6.45, 7) is 3.92. The standard InChI is InChI=1S/C13H23NO2.CH4/c1-9(2)12(15)7-10-3-5-11(6-4-10)8-13(14)16;/h9-11H,3-8H2,1-2H3,(H2,14,16);1H4. The van der Waals surface area contributed by atoms with Gasteiger partial charge in [0.1, 0.15) is 5.78 Å². The third-order valence-corrected chi connectivity index (χ3v) is 3.59. The summed E-state index contributed by atoms with van der Waals surface area (Å²) in [7, 11) is 0. The lowest BCUT2D eigenvalue weighted by molar-refractivity contribution is -0.123. The van der Waals surface area contributed by atoms with Crippen LogP contribution in [-0.2, 0) is 9.59 Å². The first kappa shape index (κ1) is 16.1. The molecule has 0 bridgehead atoms. The van der Waals surface area contributed by atoms with E-state index in [1.54, 1.807) is 0 Å². The number of amides is 1. The lowest BCUT2D eigenvalue weighted by Gasteiger charge is -2.27. The van der Waals surface area contributed by atoms with Gasteiger partial charge in [0, 0.05) is 18.8 Å². The summed E-state index contributed by atoms with van der Waals surface area (Å²) < 4.78 is 0. The molecule has 1 rings (SSSR count). The molecule has 0 saturated heterocycles. The van der Waals surface area contributed by atoms with E-state index in [0.29, 0.717) is 24.0 Å². The lowest BCUT2D eigenvalue weighted by Crippen LogP contribution is -2.23. The molecule has 0 aromatic rings. The lowest BCUT2D eigenvalue weighted by atomic mass is 9.78. The summed E-state index contributed by atoms with van der Waals surface area (Å²) in [6, 6.07) is 0. The van der Waals surface area contributed by atoms with Gasteiger partial charge in [0.05, 0.1) is 0 Å². The van der Waals surface area contributed by atoms with Crippen LogP contribution in [-0.4, -0.2) is 11.7 Å². The molecule has 0 atom stereocenters. The van der Waals surface area contributed by atoms with Gasteiger partial charge in [-0.15, -0.1) is 0 Å². The van der Waals surface area contributed by atoms with Crippen LogP contribution in [0.2, 0.25) is 0 Å². The van der Waals surface area contributed by atoms with Crippen LogP contribution in [0.15, 0.2) is 0 Å². The fourth-order valence-corrected chi connectivity index (χ4v) is 2.44. The maximum Gasteiger partial charge on any atom is 0.217 e. The molecule has 0 unspecified atom stereocenters. The second-order valence-electron chi connectivity index (χ2n) is 5.38. The summed E-state index contributed by atoms with van der Waals surface area (Å²) in [5.74, 6) is 1.34. The minimum atomic E-state index is -0.193. The summed E-state index contributed by atoms with van der Waals surface area (Å²) in [5, 5.41) is 0. The first-order valence-electron chi connectivity index (χ1n) is 6.30. The van der Waals surface area contributed by atoms with Crippen LogP contribution in [0.25, 0.3) is 0 Å². The first-order valence-corrected chi connectivity index (χ1v) is 6.30. The number of ketones is 1. The highest BCUT2D eigenvalue weighted by Crippen LogP contribution is 2.32. The van der Waals surface area contributed by atoms with Crippen LogP contribution < -0.4 is 5.73 Å². The topological polar surface area (TPSA) is 60.2 Å². The molecule has 3 nitrogen and oxygen atoms in total. The second-order valence-corrected chi connectivity index (χ2v) is 5.38. The van der Waals surface area contributed by atoms with Gasteiger partial charge < -0.3 is 5.73 Å². The fourth-order valence-electron chi connectivity index (χ4n) is 2.44. The monoisotopic (exact) mass is 241 g/mol. The molecule has 0 heterocycles. The van der Waals surface area contributed by atoms with Gasteiger partial charge in [-0.1, -0.05) is 21.3 Å². The zero-order valence-corrected chi connectivity index (χ0v) is 10.4. The van der Waals surface area contributed by atoms with Gasteiger partial charge in [-0.25, -0.2) is 0 Å². The number of hydrogen-bond acceptors (Lipinski definition) is 2. The van der Waals surface area contributed by atoms with Crippen molar-refractivity contribution in [1.29, 1.82) is 0 Å². The molecular formula is C14H27NO2. The van der Waals surface area contributed by atoms with Crippen molar-refractivity contribution in [2.45, 2.75) is 59.8 Å². The van der Waals surface area contributed by atoms with Crippen LogP contribution >= 0.6 is 0 Å². The molecule has 0 aliphatic heterocycles. The fraction of sp³-hybridized carbons (Fsp3) is 0.857. The Morgan fingerprint density at radius 2 is 1.47 bits per heavy atom. The average molecular weight is 241 g/mol. The van der Waals surface area contributed by atoms with E-state index in [4.69, 9.17) is 5.73 Å². The first-order chi connectivity index (χ1) is 7.49. The van der Waals surface area contributed by atoms with Crippen molar-refractivity contribution in [1.82, 2.24) is 0 Å². The summed E-state index contributed by atoms with van der Waals surface area (Å²) in [5.41, 5.74) is 5.19. The molecule has 1 amide bonds. The van der Waals surface area contributed by atoms with Gasteiger partial charge in [-0.2, -0.15) is 0 Å². The van der Waals surface area contributed by atoms with Crippen molar-refractivity contribution in [3.63, 3.8) is 0 Å². The van der Waals surface area contributed by atoms with Gasteiger partial charge in [-0.05, 0) is 37.5 Å². The highest BCUT2D eigenvalue weighted by Gasteiger charge is 2.24. The number of rotatable bonds is 5. The van der Waals surface area contributed by atoms with Crippen molar-refractivity contribution in [2.24, 2.45) is 23.5 Å². The highest BCUT2D eigenvalue weighted by atomic mass is 16.1. The number of primary amides is 1. The molecule has 1 aliphatic carbocycles. The van der Waals surface area contributed by atoms with Gasteiger partial charge in [0.2, 0.25) is 5.91 Å². The SMILES string of the molecule is C.CC(C)C(=O)CC1CCC(CC(N)=O)CC1. The van der Waals surface area contributed by atoms with E-state index < -0.39 is 0 Å². The molecule has 0 radical (unpaired) electrons. The van der Waals surface area contributed by atoms with E-state index in [-0.39, 0.29) is 19.3 Å². The zero-order valence-electron chi connectivity index (χ0n) is 10.4. The Morgan fingerprint density at radius 3 is 1.82 bits per heavy atom. The maximum absolute atomic E-state index is 11.6. The van der Waals surface area contributed by atoms with Crippen molar-refractivity contribution in [3.8, 4) is 0 Å². The van der Waals surface area contributed by atoms with Gasteiger partial charge in [0.15, 0.2) is 0 Å². The smallest absolute Gasteiger partial charge is 0.217 e. The third-order valence-electron chi connectivity index (χ3n) is 3.59. The second kappa shape index (κ2) is 7.46. The summed E-state index contributed by atoms with van der Waals surface area (Å²) >= 11 is 0. The average Bonchev–Trinajstić information content (AvgIpc) is 2.20. The van der Waals surface area contributed by atoms with E-state index >= 15 is 0 Å². The van der Waals surface area contributed by atoms with E-state index in [9.17, 15) is 9.59 Å². The Morgan fingerprint density at radius 1 is 1.06 bits per heavy atom. The van der Waals surface area contributed by atoms with E-state index in [1.807, 2.05) is 13.8 Å². The molecule has 1 saturated carbocycles. The van der Waals surface area contributed by atoms with Crippen LogP contribution in [0.4, 0.5) is 0 Å². The highest BCUT2D eigenvalue weighted by molar-refractivity contribution is 5.80. The number of hydrogen-bond donors (Lipinski definition) is 1. The molecule has 3 heteroatoms. The number of Topliss-reactive ketones (excluding diaryl/α,β-unsaturated/α-hetero) is 1. The summed E-state index contributed by atoms with van der Waals surface area (Å²) in [6.07, 6.45) is 5.51. The Kier molecular flexibility index (Phi) is 7.09. The molecular weight excluding hydrogens is 214 g/mol. The summed E-state index contributed by atoms with van der Waals surface area (Å²) in [4.78, 5) is 22.4. The van der Waals surface area contributed by atoms with Crippen LogP contribution in [0.5, 0.6) is 0 Å². The van der Waals surface area contributed by atoms with Gasteiger partial charge in [0.25, 0.3) is 0 Å². The van der Waals surface area contributed by atoms with Crippen LogP contribution in [0, 0.1) is 17.8 Å². The van der Waals surface area contributed by atoms with Crippen molar-refractivity contribution in [2.75, 3.05) is 0 Å². The predicted molar refractivity (Wildman–Crippen MR) is 70.5 cm³/mol. The number of carbonyl (C=O) groups is 2. The normalized spacial score (nSPS) is 24.2. The molecule has 2 N–H and O–H groups in total. The Bertz CT molecular complexity index is 253. The van der Waals surface area contributed by atoms with Crippen LogP contribution in [0.3, 0.4) is 0 Å². The third kappa shape index (κ3) is 5.85. The number of nitrogens with two attached hydrogens (primary N) is 1. The molecule has 1 fully saturated rings. The predicted octanol–water partition coefficient (Wildman–Crippen LogP) is 2.92. The van der Waals surface area contributed by atoms with E-state index in [0.717, 1.165) is 32.1 Å². The number of carbonyl (C=O) groups excluding carboxylic acids is 2. The van der Waals surface area contributed by atoms with Gasteiger partial charge in [-0.3, -0.25) is 9.59 Å². The maximum atomic E-state index is 11.6. The molecule has 17 heavy (non-hydrogen) atoms. The van der Waals surface area contributed by atoms with Crippen LogP contribution in [0.1, 0.15) is 59.8 Å². The minimum absolute atomic E-state index is 0. The Hall–Kier alpha value is -0.860. The molecule has 100 valence electrons. The Balaban J connectivity index is 0.00000256. The van der Waals surface area contributed by atoms with Gasteiger partial charge >= 0.3 is 0 Å². The van der Waals surface area contributed by atoms with Crippen molar-refractivity contribution >= 4 is 11.7 Å². The minimum Gasteiger partial charge on any atom is -0.370 e. The van der Waals surface area contributed by atoms with E-state index in [2.05, 4.69) is 0 Å². The molecule has 0 spiro atoms.